The van der Waals surface area contributed by atoms with Gasteiger partial charge >= 0.3 is 6.09 Å². The first-order valence-corrected chi connectivity index (χ1v) is 10.7. The second-order valence-corrected chi connectivity index (χ2v) is 9.56. The molecule has 3 aromatic rings. The quantitative estimate of drug-likeness (QED) is 0.558. The maximum Gasteiger partial charge on any atom is 0.405 e. The molecule has 0 aliphatic heterocycles. The van der Waals surface area contributed by atoms with E-state index in [2.05, 4.69) is 20.3 Å². The van der Waals surface area contributed by atoms with Gasteiger partial charge < -0.3 is 15.8 Å². The predicted molar refractivity (Wildman–Crippen MR) is 126 cm³/mol. The summed E-state index contributed by atoms with van der Waals surface area (Å²) in [6.07, 6.45) is 4.85. The Bertz CT molecular complexity index is 1190. The summed E-state index contributed by atoms with van der Waals surface area (Å²) in [5.74, 6) is -0.781. The van der Waals surface area contributed by atoms with Crippen molar-refractivity contribution in [3.8, 4) is 22.5 Å². The van der Waals surface area contributed by atoms with Gasteiger partial charge in [0.25, 0.3) is 5.91 Å². The highest BCUT2D eigenvalue weighted by Crippen LogP contribution is 2.31. The maximum absolute atomic E-state index is 13.5. The van der Waals surface area contributed by atoms with Crippen molar-refractivity contribution >= 4 is 12.0 Å². The normalized spacial score (nSPS) is 12.6. The summed E-state index contributed by atoms with van der Waals surface area (Å²) < 4.78 is 18.8. The van der Waals surface area contributed by atoms with Gasteiger partial charge in [0.15, 0.2) is 0 Å². The van der Waals surface area contributed by atoms with Crippen molar-refractivity contribution in [1.82, 2.24) is 20.3 Å². The number of nitrogens with zero attached hydrogens (tertiary/aromatic N) is 3. The number of benzene rings is 1. The minimum absolute atomic E-state index is 0.321. The number of nitrogens with two attached hydrogens (primary N) is 1. The molecule has 178 valence electrons. The van der Waals surface area contributed by atoms with Crippen LogP contribution in [0.15, 0.2) is 55.1 Å². The van der Waals surface area contributed by atoms with Gasteiger partial charge in [-0.05, 0) is 37.5 Å². The summed E-state index contributed by atoms with van der Waals surface area (Å²) in [6.45, 7) is 9.22. The average Bonchev–Trinajstić information content (AvgIpc) is 2.76. The molecule has 3 N–H and O–H groups in total. The van der Waals surface area contributed by atoms with Crippen molar-refractivity contribution in [2.45, 2.75) is 46.3 Å². The largest absolute Gasteiger partial charge is 0.441 e. The molecule has 2 amide bonds. The molecular weight excluding hydrogens is 437 g/mol. The van der Waals surface area contributed by atoms with Gasteiger partial charge in [0.1, 0.15) is 11.4 Å². The molecule has 0 fully saturated rings. The Balaban J connectivity index is 1.82. The summed E-state index contributed by atoms with van der Waals surface area (Å²) in [6, 6.07) is 7.67. The SMILES string of the molecule is CC(C)(C)C(NC(=O)c1ccc(-c2cncc(-c3cncc(F)c3)n2)cc1)C(C)(C)OC(N)=O. The Morgan fingerprint density at radius 2 is 1.53 bits per heavy atom. The lowest BCUT2D eigenvalue weighted by Crippen LogP contribution is -2.58. The number of pyridine rings is 1. The minimum atomic E-state index is -1.03. The van der Waals surface area contributed by atoms with Gasteiger partial charge in [-0.25, -0.2) is 14.2 Å². The number of halogens is 1. The number of rotatable bonds is 6. The van der Waals surface area contributed by atoms with E-state index in [1.54, 1.807) is 44.3 Å². The number of hydrogen-bond acceptors (Lipinski definition) is 6. The number of carbonyl (C=O) groups is 2. The molecule has 2 aromatic heterocycles. The van der Waals surface area contributed by atoms with Crippen LogP contribution in [0.25, 0.3) is 22.5 Å². The summed E-state index contributed by atoms with van der Waals surface area (Å²) >= 11 is 0. The zero-order valence-electron chi connectivity index (χ0n) is 19.8. The predicted octanol–water partition coefficient (Wildman–Crippen LogP) is 4.36. The van der Waals surface area contributed by atoms with E-state index in [0.29, 0.717) is 22.5 Å². The van der Waals surface area contributed by atoms with Crippen LogP contribution in [0.4, 0.5) is 9.18 Å². The monoisotopic (exact) mass is 465 g/mol. The molecule has 0 saturated heterocycles. The van der Waals surface area contributed by atoms with Crippen LogP contribution in [0.5, 0.6) is 0 Å². The van der Waals surface area contributed by atoms with Gasteiger partial charge in [-0.1, -0.05) is 32.9 Å². The van der Waals surface area contributed by atoms with E-state index in [1.165, 1.54) is 18.5 Å². The van der Waals surface area contributed by atoms with Crippen LogP contribution >= 0.6 is 0 Å². The number of nitrogens with one attached hydrogen (secondary N) is 1. The van der Waals surface area contributed by atoms with Crippen molar-refractivity contribution in [2.24, 2.45) is 11.1 Å². The van der Waals surface area contributed by atoms with E-state index in [1.807, 2.05) is 20.8 Å². The van der Waals surface area contributed by atoms with Crippen LogP contribution in [0.2, 0.25) is 0 Å². The van der Waals surface area contributed by atoms with E-state index < -0.39 is 29.0 Å². The van der Waals surface area contributed by atoms with Crippen LogP contribution in [0, 0.1) is 11.2 Å². The highest BCUT2D eigenvalue weighted by molar-refractivity contribution is 5.95. The van der Waals surface area contributed by atoms with Gasteiger partial charge in [-0.15, -0.1) is 0 Å². The molecular formula is C25H28FN5O3. The lowest BCUT2D eigenvalue weighted by atomic mass is 9.77. The number of hydrogen-bond donors (Lipinski definition) is 2. The Kier molecular flexibility index (Phi) is 6.95. The summed E-state index contributed by atoms with van der Waals surface area (Å²) in [5.41, 5.74) is 6.50. The fourth-order valence-corrected chi connectivity index (χ4v) is 3.95. The third-order valence-electron chi connectivity index (χ3n) is 5.28. The second-order valence-electron chi connectivity index (χ2n) is 9.56. The van der Waals surface area contributed by atoms with Crippen molar-refractivity contribution in [2.75, 3.05) is 0 Å². The smallest absolute Gasteiger partial charge is 0.405 e. The van der Waals surface area contributed by atoms with E-state index in [4.69, 9.17) is 10.5 Å². The van der Waals surface area contributed by atoms with Crippen molar-refractivity contribution in [3.05, 3.63) is 66.5 Å². The molecule has 3 rings (SSSR count). The molecule has 0 radical (unpaired) electrons. The van der Waals surface area contributed by atoms with Crippen LogP contribution in [-0.2, 0) is 4.74 Å². The van der Waals surface area contributed by atoms with Crippen molar-refractivity contribution in [3.63, 3.8) is 0 Å². The van der Waals surface area contributed by atoms with E-state index in [-0.39, 0.29) is 5.91 Å². The van der Waals surface area contributed by atoms with Gasteiger partial charge in [0.05, 0.1) is 36.0 Å². The summed E-state index contributed by atoms with van der Waals surface area (Å²) in [4.78, 5) is 36.9. The zero-order valence-corrected chi connectivity index (χ0v) is 19.8. The standard InChI is InChI=1S/C25H28FN5O3/c1-24(2,3)22(25(4,5)34-23(27)33)31-21(32)16-8-6-15(7-9-16)19-13-29-14-20(30-19)17-10-18(26)12-28-11-17/h6-14,22H,1-5H3,(H2,27,33)(H,31,32). The Morgan fingerprint density at radius 3 is 2.09 bits per heavy atom. The van der Waals surface area contributed by atoms with Crippen LogP contribution in [0.1, 0.15) is 45.0 Å². The van der Waals surface area contributed by atoms with Gasteiger partial charge in [-0.3, -0.25) is 14.8 Å². The van der Waals surface area contributed by atoms with Gasteiger partial charge in [-0.2, -0.15) is 0 Å². The maximum atomic E-state index is 13.5. The topological polar surface area (TPSA) is 120 Å². The average molecular weight is 466 g/mol. The highest BCUT2D eigenvalue weighted by Gasteiger charge is 2.42. The van der Waals surface area contributed by atoms with Gasteiger partial charge in [0.2, 0.25) is 0 Å². The fraction of sp³-hybridized carbons (Fsp3) is 0.320. The van der Waals surface area contributed by atoms with Gasteiger partial charge in [0, 0.05) is 22.9 Å². The Morgan fingerprint density at radius 1 is 0.941 bits per heavy atom. The molecule has 1 atom stereocenters. The first kappa shape index (κ1) is 24.8. The minimum Gasteiger partial charge on any atom is -0.441 e. The second kappa shape index (κ2) is 9.54. The third kappa shape index (κ3) is 5.92. The number of amides is 2. The molecule has 0 saturated carbocycles. The molecule has 2 heterocycles. The van der Waals surface area contributed by atoms with Crippen LogP contribution < -0.4 is 11.1 Å². The molecule has 0 spiro atoms. The first-order valence-electron chi connectivity index (χ1n) is 10.7. The molecule has 1 aromatic carbocycles. The first-order chi connectivity index (χ1) is 15.9. The Hall–Kier alpha value is -3.88. The molecule has 0 bridgehead atoms. The number of aromatic nitrogens is 3. The van der Waals surface area contributed by atoms with Crippen LogP contribution in [-0.4, -0.2) is 38.6 Å². The lowest BCUT2D eigenvalue weighted by Gasteiger charge is -2.42. The molecule has 34 heavy (non-hydrogen) atoms. The fourth-order valence-electron chi connectivity index (χ4n) is 3.95. The molecule has 8 nitrogen and oxygen atoms in total. The lowest BCUT2D eigenvalue weighted by molar-refractivity contribution is -0.0163. The molecule has 1 unspecified atom stereocenters. The van der Waals surface area contributed by atoms with Crippen molar-refractivity contribution in [1.29, 1.82) is 0 Å². The summed E-state index contributed by atoms with van der Waals surface area (Å²) in [7, 11) is 0. The molecule has 0 aliphatic rings. The van der Waals surface area contributed by atoms with Crippen molar-refractivity contribution < 1.29 is 18.7 Å². The highest BCUT2D eigenvalue weighted by atomic mass is 19.1. The van der Waals surface area contributed by atoms with E-state index >= 15 is 0 Å². The van der Waals surface area contributed by atoms with Crippen LogP contribution in [0.3, 0.4) is 0 Å². The third-order valence-corrected chi connectivity index (χ3v) is 5.28. The number of ether oxygens (including phenoxy) is 1. The summed E-state index contributed by atoms with van der Waals surface area (Å²) in [5, 5.41) is 2.97. The number of carbonyl (C=O) groups excluding carboxylic acids is 2. The Labute approximate surface area is 197 Å². The molecule has 9 heteroatoms. The molecule has 0 aliphatic carbocycles. The van der Waals surface area contributed by atoms with E-state index in [0.717, 1.165) is 11.8 Å². The number of primary amides is 1. The zero-order chi connectivity index (χ0) is 25.1. The van der Waals surface area contributed by atoms with E-state index in [9.17, 15) is 14.0 Å².